The second-order valence-electron chi connectivity index (χ2n) is 2.30. The molecule has 13 heavy (non-hydrogen) atoms. The molecular weight excluding hydrogens is 166 g/mol. The van der Waals surface area contributed by atoms with Gasteiger partial charge in [0, 0.05) is 6.92 Å². The molecule has 3 nitrogen and oxygen atoms in total. The van der Waals surface area contributed by atoms with Crippen LogP contribution in [0.2, 0.25) is 0 Å². The summed E-state index contributed by atoms with van der Waals surface area (Å²) in [4.78, 5) is 10.4. The molecule has 0 atom stereocenters. The molecule has 3 heteroatoms. The first-order valence-electron chi connectivity index (χ1n) is 4.07. The minimum atomic E-state index is -0.0425. The molecule has 0 aromatic rings. The predicted molar refractivity (Wildman–Crippen MR) is 53.1 cm³/mol. The number of ether oxygens (including phenoxy) is 1. The molecule has 0 unspecified atom stereocenters. The Bertz CT molecular complexity index is 207. The van der Waals surface area contributed by atoms with Crippen LogP contribution in [-0.4, -0.2) is 19.1 Å². The topological polar surface area (TPSA) is 38.3 Å². The van der Waals surface area contributed by atoms with Gasteiger partial charge in [0.05, 0.1) is 12.8 Å². The SMILES string of the molecule is C=C/C=C\C=C\OCCNC(C)=O. The number of rotatable bonds is 6. The Morgan fingerprint density at radius 1 is 1.46 bits per heavy atom. The van der Waals surface area contributed by atoms with Crippen molar-refractivity contribution in [3.05, 3.63) is 37.1 Å². The third-order valence-corrected chi connectivity index (χ3v) is 1.13. The monoisotopic (exact) mass is 181 g/mol. The van der Waals surface area contributed by atoms with Gasteiger partial charge in [-0.2, -0.15) is 0 Å². The molecule has 0 aromatic carbocycles. The molecule has 0 radical (unpaired) electrons. The van der Waals surface area contributed by atoms with E-state index in [1.165, 1.54) is 6.92 Å². The summed E-state index contributed by atoms with van der Waals surface area (Å²) in [5, 5.41) is 2.62. The van der Waals surface area contributed by atoms with Crippen LogP contribution in [0, 0.1) is 0 Å². The average molecular weight is 181 g/mol. The average Bonchev–Trinajstić information content (AvgIpc) is 2.09. The van der Waals surface area contributed by atoms with Crippen LogP contribution in [0.15, 0.2) is 37.1 Å². The van der Waals surface area contributed by atoms with E-state index in [0.29, 0.717) is 13.2 Å². The minimum absolute atomic E-state index is 0.0425. The highest BCUT2D eigenvalue weighted by Gasteiger charge is 1.87. The zero-order valence-electron chi connectivity index (χ0n) is 7.82. The molecule has 1 N–H and O–H groups in total. The van der Waals surface area contributed by atoms with E-state index < -0.39 is 0 Å². The van der Waals surface area contributed by atoms with Crippen LogP contribution in [0.1, 0.15) is 6.92 Å². The van der Waals surface area contributed by atoms with Crippen LogP contribution < -0.4 is 5.32 Å². The van der Waals surface area contributed by atoms with Crippen molar-refractivity contribution in [3.8, 4) is 0 Å². The van der Waals surface area contributed by atoms with E-state index in [1.807, 2.05) is 6.08 Å². The maximum absolute atomic E-state index is 10.4. The van der Waals surface area contributed by atoms with Crippen molar-refractivity contribution in [2.45, 2.75) is 6.92 Å². The fourth-order valence-corrected chi connectivity index (χ4v) is 0.598. The van der Waals surface area contributed by atoms with Crippen molar-refractivity contribution < 1.29 is 9.53 Å². The molecule has 0 aliphatic heterocycles. The molecule has 0 aliphatic rings. The van der Waals surface area contributed by atoms with E-state index in [-0.39, 0.29) is 5.91 Å². The maximum atomic E-state index is 10.4. The zero-order valence-corrected chi connectivity index (χ0v) is 7.82. The van der Waals surface area contributed by atoms with E-state index in [0.717, 1.165) is 0 Å². The Hall–Kier alpha value is -1.51. The summed E-state index contributed by atoms with van der Waals surface area (Å²) in [5.41, 5.74) is 0. The van der Waals surface area contributed by atoms with E-state index >= 15 is 0 Å². The first kappa shape index (κ1) is 11.5. The summed E-state index contributed by atoms with van der Waals surface area (Å²) in [6, 6.07) is 0. The molecule has 0 heterocycles. The quantitative estimate of drug-likeness (QED) is 0.382. The lowest BCUT2D eigenvalue weighted by molar-refractivity contribution is -0.119. The number of nitrogens with one attached hydrogen (secondary N) is 1. The maximum Gasteiger partial charge on any atom is 0.216 e. The molecule has 0 bridgehead atoms. The second kappa shape index (κ2) is 8.59. The second-order valence-corrected chi connectivity index (χ2v) is 2.30. The Kier molecular flexibility index (Phi) is 7.59. The molecule has 0 fully saturated rings. The molecule has 0 saturated heterocycles. The molecule has 0 aliphatic carbocycles. The van der Waals surface area contributed by atoms with E-state index in [4.69, 9.17) is 4.74 Å². The fraction of sp³-hybridized carbons (Fsp3) is 0.300. The van der Waals surface area contributed by atoms with Crippen LogP contribution >= 0.6 is 0 Å². The van der Waals surface area contributed by atoms with Gasteiger partial charge in [0.1, 0.15) is 6.61 Å². The normalized spacial score (nSPS) is 10.5. The summed E-state index contributed by atoms with van der Waals surface area (Å²) >= 11 is 0. The highest BCUT2D eigenvalue weighted by Crippen LogP contribution is 1.80. The molecule has 0 spiro atoms. The van der Waals surface area contributed by atoms with Crippen LogP contribution in [0.4, 0.5) is 0 Å². The van der Waals surface area contributed by atoms with Crippen molar-refractivity contribution in [2.24, 2.45) is 0 Å². The van der Waals surface area contributed by atoms with Crippen molar-refractivity contribution in [2.75, 3.05) is 13.2 Å². The lowest BCUT2D eigenvalue weighted by Gasteiger charge is -2.00. The summed E-state index contributed by atoms with van der Waals surface area (Å²) < 4.78 is 5.05. The minimum Gasteiger partial charge on any atom is -0.499 e. The molecule has 72 valence electrons. The molecule has 0 aromatic heterocycles. The number of carbonyl (C=O) groups is 1. The zero-order chi connectivity index (χ0) is 9.94. The van der Waals surface area contributed by atoms with Crippen molar-refractivity contribution in [3.63, 3.8) is 0 Å². The molecule has 0 rings (SSSR count). The third-order valence-electron chi connectivity index (χ3n) is 1.13. The van der Waals surface area contributed by atoms with Gasteiger partial charge < -0.3 is 10.1 Å². The van der Waals surface area contributed by atoms with Gasteiger partial charge in [-0.3, -0.25) is 4.79 Å². The first-order valence-corrected chi connectivity index (χ1v) is 4.07. The van der Waals surface area contributed by atoms with E-state index in [1.54, 1.807) is 24.5 Å². The van der Waals surface area contributed by atoms with Crippen molar-refractivity contribution in [1.29, 1.82) is 0 Å². The summed E-state index contributed by atoms with van der Waals surface area (Å²) in [6.45, 7) is 6.01. The molecular formula is C10H15NO2. The number of hydrogen-bond acceptors (Lipinski definition) is 2. The number of hydrogen-bond donors (Lipinski definition) is 1. The largest absolute Gasteiger partial charge is 0.499 e. The first-order chi connectivity index (χ1) is 6.27. The Balaban J connectivity index is 3.24. The summed E-state index contributed by atoms with van der Waals surface area (Å²) in [7, 11) is 0. The van der Waals surface area contributed by atoms with Gasteiger partial charge >= 0.3 is 0 Å². The van der Waals surface area contributed by atoms with Gasteiger partial charge in [0.2, 0.25) is 5.91 Å². The lowest BCUT2D eigenvalue weighted by atomic mass is 10.5. The Labute approximate surface area is 78.8 Å². The van der Waals surface area contributed by atoms with Gasteiger partial charge in [-0.15, -0.1) is 0 Å². The summed E-state index contributed by atoms with van der Waals surface area (Å²) in [5.74, 6) is -0.0425. The third kappa shape index (κ3) is 10.5. The van der Waals surface area contributed by atoms with Gasteiger partial charge in [0.15, 0.2) is 0 Å². The highest BCUT2D eigenvalue weighted by atomic mass is 16.5. The van der Waals surface area contributed by atoms with Gasteiger partial charge in [-0.05, 0) is 6.08 Å². The van der Waals surface area contributed by atoms with Gasteiger partial charge in [-0.1, -0.05) is 24.8 Å². The molecule has 1 amide bonds. The van der Waals surface area contributed by atoms with Crippen LogP contribution in [0.25, 0.3) is 0 Å². The molecule has 0 saturated carbocycles. The highest BCUT2D eigenvalue weighted by molar-refractivity contribution is 5.72. The smallest absolute Gasteiger partial charge is 0.216 e. The summed E-state index contributed by atoms with van der Waals surface area (Å²) in [6.07, 6.45) is 8.62. The predicted octanol–water partition coefficient (Wildman–Crippen LogP) is 1.39. The van der Waals surface area contributed by atoms with Crippen LogP contribution in [-0.2, 0) is 9.53 Å². The van der Waals surface area contributed by atoms with E-state index in [9.17, 15) is 4.79 Å². The van der Waals surface area contributed by atoms with Crippen molar-refractivity contribution >= 4 is 5.91 Å². The Morgan fingerprint density at radius 3 is 2.85 bits per heavy atom. The number of amides is 1. The van der Waals surface area contributed by atoms with Crippen molar-refractivity contribution in [1.82, 2.24) is 5.32 Å². The lowest BCUT2D eigenvalue weighted by Crippen LogP contribution is -2.23. The Morgan fingerprint density at radius 2 is 2.23 bits per heavy atom. The standard InChI is InChI=1S/C10H15NO2/c1-3-4-5-6-8-13-9-7-11-10(2)12/h3-6,8H,1,7,9H2,2H3,(H,11,12)/b5-4-,8-6+. The fourth-order valence-electron chi connectivity index (χ4n) is 0.598. The van der Waals surface area contributed by atoms with E-state index in [2.05, 4.69) is 11.9 Å². The number of allylic oxidation sites excluding steroid dienone is 4. The number of carbonyl (C=O) groups excluding carboxylic acids is 1. The van der Waals surface area contributed by atoms with Gasteiger partial charge in [0.25, 0.3) is 0 Å². The van der Waals surface area contributed by atoms with Crippen LogP contribution in [0.3, 0.4) is 0 Å². The van der Waals surface area contributed by atoms with Gasteiger partial charge in [-0.25, -0.2) is 0 Å². The van der Waals surface area contributed by atoms with Crippen LogP contribution in [0.5, 0.6) is 0 Å².